The van der Waals surface area contributed by atoms with E-state index in [9.17, 15) is 18.8 Å². The van der Waals surface area contributed by atoms with Crippen molar-refractivity contribution in [3.05, 3.63) is 58.7 Å². The average molecular weight is 682 g/mol. The van der Waals surface area contributed by atoms with Gasteiger partial charge in [-0.1, -0.05) is 23.7 Å². The van der Waals surface area contributed by atoms with Gasteiger partial charge in [-0.15, -0.1) is 0 Å². The number of nitriles is 1. The monoisotopic (exact) mass is 681 g/mol. The number of anilines is 4. The Hall–Kier alpha value is -4.94. The van der Waals surface area contributed by atoms with Crippen LogP contribution in [0.4, 0.5) is 32.1 Å². The predicted molar refractivity (Wildman–Crippen MR) is 174 cm³/mol. The Morgan fingerprint density at radius 1 is 1.12 bits per heavy atom. The number of hydrogen-bond acceptors (Lipinski definition) is 12. The van der Waals surface area contributed by atoms with Gasteiger partial charge in [0.1, 0.15) is 29.2 Å². The van der Waals surface area contributed by atoms with Gasteiger partial charge < -0.3 is 29.3 Å². The van der Waals surface area contributed by atoms with E-state index in [1.807, 2.05) is 34.1 Å². The molecule has 252 valence electrons. The Labute approximate surface area is 280 Å². The number of carbonyl (C=O) groups excluding carboxylic acids is 1. The number of halogens is 3. The quantitative estimate of drug-likeness (QED) is 0.205. The highest BCUT2D eigenvalue weighted by Crippen LogP contribution is 2.40. The summed E-state index contributed by atoms with van der Waals surface area (Å²) < 4.78 is 43.4. The molecule has 0 bridgehead atoms. The highest BCUT2D eigenvalue weighted by Gasteiger charge is 2.33. The van der Waals surface area contributed by atoms with Crippen LogP contribution < -0.4 is 24.6 Å². The molecule has 1 aliphatic heterocycles. The second-order valence-corrected chi connectivity index (χ2v) is 11.9. The lowest BCUT2D eigenvalue weighted by Gasteiger charge is -2.38. The molecule has 2 fully saturated rings. The normalized spacial score (nSPS) is 15.7. The minimum atomic E-state index is -3.07. The number of aromatic nitrogens is 4. The summed E-state index contributed by atoms with van der Waals surface area (Å²) in [6, 6.07) is 12.4. The van der Waals surface area contributed by atoms with E-state index < -0.39 is 12.7 Å². The molecular formula is C32H34ClF2N9O4. The largest absolute Gasteiger partial charge is 0.497 e. The molecule has 48 heavy (non-hydrogen) atoms. The number of piperazine rings is 1. The van der Waals surface area contributed by atoms with Crippen LogP contribution in [0.3, 0.4) is 0 Å². The topological polar surface area (TPSA) is 133 Å². The molecule has 6 rings (SSSR count). The van der Waals surface area contributed by atoms with E-state index >= 15 is 0 Å². The van der Waals surface area contributed by atoms with Gasteiger partial charge >= 0.3 is 12.6 Å². The summed E-state index contributed by atoms with van der Waals surface area (Å²) in [6.45, 7) is 1.18. The number of carbonyl (C=O) groups is 1. The maximum Gasteiger partial charge on any atom is 0.387 e. The molecular weight excluding hydrogens is 648 g/mol. The number of nitrogens with zero attached hydrogens (tertiary/aromatic N) is 8. The molecule has 0 spiro atoms. The lowest BCUT2D eigenvalue weighted by Crippen LogP contribution is -2.52. The third-order valence-electron chi connectivity index (χ3n) is 8.47. The van der Waals surface area contributed by atoms with E-state index in [-0.39, 0.29) is 45.6 Å². The molecule has 0 unspecified atom stereocenters. The van der Waals surface area contributed by atoms with Crippen LogP contribution in [0.2, 0.25) is 5.02 Å². The molecule has 16 heteroatoms. The van der Waals surface area contributed by atoms with E-state index in [4.69, 9.17) is 30.8 Å². The molecule has 4 aromatic rings. The van der Waals surface area contributed by atoms with Gasteiger partial charge in [0.15, 0.2) is 5.65 Å². The van der Waals surface area contributed by atoms with Crippen LogP contribution in [0.1, 0.15) is 30.9 Å². The van der Waals surface area contributed by atoms with Gasteiger partial charge in [-0.2, -0.15) is 33.6 Å². The van der Waals surface area contributed by atoms with Gasteiger partial charge in [0, 0.05) is 50.9 Å². The summed E-state index contributed by atoms with van der Waals surface area (Å²) in [5.74, 6) is 0.840. The summed E-state index contributed by atoms with van der Waals surface area (Å²) >= 11 is 6.94. The summed E-state index contributed by atoms with van der Waals surface area (Å²) in [5, 5.41) is 17.6. The summed E-state index contributed by atoms with van der Waals surface area (Å²) in [4.78, 5) is 27.5. The molecule has 1 N–H and O–H groups in total. The number of ether oxygens (including phenoxy) is 3. The molecule has 1 atom stereocenters. The molecule has 0 amide bonds. The van der Waals surface area contributed by atoms with Gasteiger partial charge in [0.05, 0.1) is 36.8 Å². The molecule has 2 aromatic heterocycles. The zero-order valence-corrected chi connectivity index (χ0v) is 27.3. The highest BCUT2D eigenvalue weighted by atomic mass is 35.5. The number of hydrogen-bond donors (Lipinski definition) is 1. The van der Waals surface area contributed by atoms with Crippen LogP contribution in [-0.4, -0.2) is 89.5 Å². The van der Waals surface area contributed by atoms with E-state index in [1.54, 1.807) is 14.0 Å². The van der Waals surface area contributed by atoms with Crippen molar-refractivity contribution in [3.63, 3.8) is 0 Å². The fourth-order valence-electron chi connectivity index (χ4n) is 5.73. The van der Waals surface area contributed by atoms with Crippen LogP contribution >= 0.6 is 11.6 Å². The number of methoxy groups -OCH3 is 2. The first-order chi connectivity index (χ1) is 23.2. The zero-order chi connectivity index (χ0) is 33.9. The highest BCUT2D eigenvalue weighted by molar-refractivity contribution is 6.36. The summed E-state index contributed by atoms with van der Waals surface area (Å²) in [7, 11) is 2.96. The van der Waals surface area contributed by atoms with Crippen molar-refractivity contribution in [1.29, 1.82) is 5.26 Å². The first-order valence-corrected chi connectivity index (χ1v) is 15.7. The van der Waals surface area contributed by atoms with Crippen molar-refractivity contribution in [2.75, 3.05) is 55.5 Å². The lowest BCUT2D eigenvalue weighted by atomic mass is 10.2. The van der Waals surface area contributed by atoms with E-state index in [1.165, 1.54) is 30.0 Å². The Balaban J connectivity index is 1.35. The fourth-order valence-corrected chi connectivity index (χ4v) is 6.00. The first kappa shape index (κ1) is 33.0. The Kier molecular flexibility index (Phi) is 9.65. The number of fused-ring (bicyclic) bond motifs is 1. The van der Waals surface area contributed by atoms with Gasteiger partial charge in [-0.25, -0.2) is 0 Å². The minimum absolute atomic E-state index is 0.0913. The van der Waals surface area contributed by atoms with E-state index in [2.05, 4.69) is 26.4 Å². The van der Waals surface area contributed by atoms with Crippen molar-refractivity contribution < 1.29 is 27.8 Å². The maximum atomic E-state index is 13.5. The number of benzene rings is 2. The van der Waals surface area contributed by atoms with Crippen molar-refractivity contribution in [2.45, 2.75) is 45.0 Å². The van der Waals surface area contributed by atoms with Gasteiger partial charge in [-0.3, -0.25) is 9.69 Å². The summed E-state index contributed by atoms with van der Waals surface area (Å²) in [6.07, 6.45) is 3.33. The van der Waals surface area contributed by atoms with Crippen molar-refractivity contribution in [2.24, 2.45) is 0 Å². The van der Waals surface area contributed by atoms with Crippen molar-refractivity contribution in [1.82, 2.24) is 24.5 Å². The molecule has 2 aliphatic rings. The van der Waals surface area contributed by atoms with Crippen molar-refractivity contribution in [3.8, 4) is 17.6 Å². The second-order valence-electron chi connectivity index (χ2n) is 11.5. The number of rotatable bonds is 12. The zero-order valence-electron chi connectivity index (χ0n) is 26.6. The van der Waals surface area contributed by atoms with Crippen LogP contribution in [0.25, 0.3) is 5.65 Å². The SMILES string of the molecule is COC(=O)[C@@H](C)N1CCN(c2cc(OC(F)F)cc(Nc3nc(N(Cc4ccc(OC)cc4)C4CC4)n4ncc(C#N)c4n3)c2Cl)CC1. The molecule has 13 nitrogen and oxygen atoms in total. The molecule has 1 saturated carbocycles. The molecule has 3 heterocycles. The Morgan fingerprint density at radius 2 is 1.85 bits per heavy atom. The number of alkyl halides is 2. The van der Waals surface area contributed by atoms with Crippen LogP contribution in [0.15, 0.2) is 42.6 Å². The molecule has 2 aromatic carbocycles. The second kappa shape index (κ2) is 14.0. The van der Waals surface area contributed by atoms with Crippen molar-refractivity contribution >= 4 is 46.5 Å². The van der Waals surface area contributed by atoms with Gasteiger partial charge in [0.2, 0.25) is 11.9 Å². The molecule has 1 aliphatic carbocycles. The van der Waals surface area contributed by atoms with Gasteiger partial charge in [0.25, 0.3) is 0 Å². The standard InChI is InChI=1S/C32H34ClF2N9O4/c1-19(29(45)47-3)41-10-12-42(13-11-41)26-15-24(48-30(34)35)14-25(27(26)33)38-31-39-28-21(16-36)17-37-44(28)32(40-31)43(22-6-7-22)18-20-4-8-23(46-2)9-5-20/h4-5,8-9,14-15,17,19,22,30H,6-7,10-13,18H2,1-3H3,(H,38,39)/t19-/m1/s1. The smallest absolute Gasteiger partial charge is 0.387 e. The number of nitrogens with one attached hydrogen (secondary N) is 1. The van der Waals surface area contributed by atoms with E-state index in [0.717, 1.165) is 24.2 Å². The molecule has 0 radical (unpaired) electrons. The number of esters is 1. The Bertz CT molecular complexity index is 1820. The average Bonchev–Trinajstić information content (AvgIpc) is 3.86. The fraction of sp³-hybridized carbons (Fsp3) is 0.406. The Morgan fingerprint density at radius 3 is 2.48 bits per heavy atom. The minimum Gasteiger partial charge on any atom is -0.497 e. The van der Waals surface area contributed by atoms with E-state index in [0.29, 0.717) is 44.4 Å². The third kappa shape index (κ3) is 6.99. The van der Waals surface area contributed by atoms with Gasteiger partial charge in [-0.05, 0) is 37.5 Å². The molecule has 1 saturated heterocycles. The predicted octanol–water partition coefficient (Wildman–Crippen LogP) is 4.86. The lowest BCUT2D eigenvalue weighted by molar-refractivity contribution is -0.146. The van der Waals surface area contributed by atoms with Crippen LogP contribution in [0, 0.1) is 11.3 Å². The first-order valence-electron chi connectivity index (χ1n) is 15.4. The summed E-state index contributed by atoms with van der Waals surface area (Å²) in [5.41, 5.74) is 2.23. The maximum absolute atomic E-state index is 13.5. The van der Waals surface area contributed by atoms with Crippen LogP contribution in [0.5, 0.6) is 11.5 Å². The van der Waals surface area contributed by atoms with Crippen LogP contribution in [-0.2, 0) is 16.1 Å². The third-order valence-corrected chi connectivity index (χ3v) is 8.87.